The van der Waals surface area contributed by atoms with Gasteiger partial charge in [0.1, 0.15) is 5.75 Å². The third-order valence-corrected chi connectivity index (χ3v) is 4.80. The van der Waals surface area contributed by atoms with E-state index in [0.29, 0.717) is 11.9 Å². The number of hydrogen-bond donors (Lipinski definition) is 0. The summed E-state index contributed by atoms with van der Waals surface area (Å²) in [5, 5.41) is 2.20. The van der Waals surface area contributed by atoms with Gasteiger partial charge < -0.3 is 9.47 Å². The van der Waals surface area contributed by atoms with Crippen molar-refractivity contribution in [3.63, 3.8) is 0 Å². The maximum Gasteiger partial charge on any atom is 0.392 e. The zero-order valence-corrected chi connectivity index (χ0v) is 13.2. The number of methoxy groups -OCH3 is 1. The molecule has 2 aliphatic carbocycles. The van der Waals surface area contributed by atoms with Crippen molar-refractivity contribution < 1.29 is 22.6 Å². The van der Waals surface area contributed by atoms with Gasteiger partial charge in [-0.05, 0) is 48.3 Å². The SMILES string of the molecule is COC1CCC2(C=c3ccc(OCCC(F)(F)F)cc3=C2)CC1. The van der Waals surface area contributed by atoms with E-state index in [-0.39, 0.29) is 12.0 Å². The molecule has 2 nitrogen and oxygen atoms in total. The number of alkyl halides is 3. The molecule has 0 unspecified atom stereocenters. The Balaban J connectivity index is 1.70. The zero-order valence-electron chi connectivity index (χ0n) is 13.2. The summed E-state index contributed by atoms with van der Waals surface area (Å²) in [4.78, 5) is 0. The molecular formula is C18H21F3O2. The van der Waals surface area contributed by atoms with Crippen LogP contribution in [-0.2, 0) is 4.74 Å². The summed E-state index contributed by atoms with van der Waals surface area (Å²) in [5.74, 6) is 0.500. The summed E-state index contributed by atoms with van der Waals surface area (Å²) in [6.07, 6.45) is 3.92. The Morgan fingerprint density at radius 3 is 2.48 bits per heavy atom. The van der Waals surface area contributed by atoms with Crippen molar-refractivity contribution in [2.75, 3.05) is 13.7 Å². The van der Waals surface area contributed by atoms with Crippen LogP contribution in [-0.4, -0.2) is 26.0 Å². The highest BCUT2D eigenvalue weighted by Crippen LogP contribution is 2.41. The lowest BCUT2D eigenvalue weighted by molar-refractivity contribution is -0.139. The number of ether oxygens (including phenoxy) is 2. The molecule has 1 fully saturated rings. The molecule has 2 aliphatic rings. The Kier molecular flexibility index (Phi) is 4.41. The Labute approximate surface area is 133 Å². The molecule has 5 heteroatoms. The van der Waals surface area contributed by atoms with Crippen LogP contribution in [0, 0.1) is 5.41 Å². The highest BCUT2D eigenvalue weighted by atomic mass is 19.4. The molecule has 0 aromatic heterocycles. The maximum atomic E-state index is 12.2. The Hall–Kier alpha value is -1.49. The lowest BCUT2D eigenvalue weighted by atomic mass is 9.74. The molecule has 23 heavy (non-hydrogen) atoms. The zero-order chi connectivity index (χ0) is 16.5. The van der Waals surface area contributed by atoms with Crippen molar-refractivity contribution in [1.82, 2.24) is 0 Å². The van der Waals surface area contributed by atoms with Gasteiger partial charge in [0, 0.05) is 12.5 Å². The van der Waals surface area contributed by atoms with E-state index in [0.717, 1.165) is 36.1 Å². The van der Waals surface area contributed by atoms with Crippen LogP contribution in [0.25, 0.3) is 12.2 Å². The average molecular weight is 326 g/mol. The average Bonchev–Trinajstić information content (AvgIpc) is 2.84. The third kappa shape index (κ3) is 3.89. The van der Waals surface area contributed by atoms with E-state index in [1.807, 2.05) is 12.1 Å². The van der Waals surface area contributed by atoms with Gasteiger partial charge in [0.25, 0.3) is 0 Å². The van der Waals surface area contributed by atoms with Gasteiger partial charge in [-0.1, -0.05) is 18.2 Å². The van der Waals surface area contributed by atoms with Crippen molar-refractivity contribution in [3.05, 3.63) is 28.6 Å². The smallest absolute Gasteiger partial charge is 0.392 e. The summed E-state index contributed by atoms with van der Waals surface area (Å²) in [5.41, 5.74) is 0.0714. The van der Waals surface area contributed by atoms with Gasteiger partial charge >= 0.3 is 6.18 Å². The minimum Gasteiger partial charge on any atom is -0.493 e. The Morgan fingerprint density at radius 1 is 1.13 bits per heavy atom. The van der Waals surface area contributed by atoms with Gasteiger partial charge in [0.2, 0.25) is 0 Å². The predicted octanol–water partition coefficient (Wildman–Crippen LogP) is 3.17. The molecule has 1 aromatic rings. The van der Waals surface area contributed by atoms with Crippen LogP contribution in [0.3, 0.4) is 0 Å². The molecule has 126 valence electrons. The second-order valence-electron chi connectivity index (χ2n) is 6.46. The van der Waals surface area contributed by atoms with E-state index < -0.39 is 12.6 Å². The first kappa shape index (κ1) is 16.4. The second-order valence-corrected chi connectivity index (χ2v) is 6.46. The number of fused-ring (bicyclic) bond motifs is 1. The van der Waals surface area contributed by atoms with Crippen LogP contribution >= 0.6 is 0 Å². The lowest BCUT2D eigenvalue weighted by Gasteiger charge is -2.34. The van der Waals surface area contributed by atoms with Crippen LogP contribution in [0.15, 0.2) is 18.2 Å². The molecule has 0 amide bonds. The molecule has 0 saturated heterocycles. The molecule has 1 saturated carbocycles. The van der Waals surface area contributed by atoms with E-state index in [1.165, 1.54) is 0 Å². The minimum atomic E-state index is -4.18. The topological polar surface area (TPSA) is 18.5 Å². The van der Waals surface area contributed by atoms with Gasteiger partial charge in [-0.25, -0.2) is 0 Å². The monoisotopic (exact) mass is 326 g/mol. The standard InChI is InChI=1S/C18H21F3O2/c1-22-15-4-6-17(7-5-15)11-13-2-3-16(10-14(13)12-17)23-9-8-18(19,20)21/h2-3,10-12,15H,4-9H2,1H3. The minimum absolute atomic E-state index is 0.0714. The molecule has 0 atom stereocenters. The molecule has 0 aliphatic heterocycles. The van der Waals surface area contributed by atoms with E-state index >= 15 is 0 Å². The lowest BCUT2D eigenvalue weighted by Crippen LogP contribution is -2.26. The van der Waals surface area contributed by atoms with Gasteiger partial charge in [0.15, 0.2) is 0 Å². The predicted molar refractivity (Wildman–Crippen MR) is 82.5 cm³/mol. The first-order valence-electron chi connectivity index (χ1n) is 7.97. The van der Waals surface area contributed by atoms with E-state index in [4.69, 9.17) is 9.47 Å². The molecule has 1 aromatic carbocycles. The van der Waals surface area contributed by atoms with Crippen molar-refractivity contribution >= 4 is 12.2 Å². The molecule has 3 rings (SSSR count). The summed E-state index contributed by atoms with van der Waals surface area (Å²) < 4.78 is 47.2. The summed E-state index contributed by atoms with van der Waals surface area (Å²) in [7, 11) is 1.75. The van der Waals surface area contributed by atoms with Crippen LogP contribution < -0.4 is 15.2 Å². The van der Waals surface area contributed by atoms with Crippen molar-refractivity contribution in [2.45, 2.75) is 44.4 Å². The molecule has 0 bridgehead atoms. The number of halogens is 3. The van der Waals surface area contributed by atoms with Crippen molar-refractivity contribution in [1.29, 1.82) is 0 Å². The first-order valence-corrected chi connectivity index (χ1v) is 7.97. The highest BCUT2D eigenvalue weighted by molar-refractivity contribution is 5.58. The molecule has 1 spiro atoms. The summed E-state index contributed by atoms with van der Waals surface area (Å²) >= 11 is 0. The van der Waals surface area contributed by atoms with Crippen LogP contribution in [0.2, 0.25) is 0 Å². The summed E-state index contributed by atoms with van der Waals surface area (Å²) in [6.45, 7) is -0.341. The largest absolute Gasteiger partial charge is 0.493 e. The second kappa shape index (κ2) is 6.19. The van der Waals surface area contributed by atoms with Gasteiger partial charge in [-0.2, -0.15) is 13.2 Å². The first-order chi connectivity index (χ1) is 10.9. The van der Waals surface area contributed by atoms with Crippen LogP contribution in [0.1, 0.15) is 32.1 Å². The molecular weight excluding hydrogens is 305 g/mol. The maximum absolute atomic E-state index is 12.2. The van der Waals surface area contributed by atoms with Crippen LogP contribution in [0.4, 0.5) is 13.2 Å². The fourth-order valence-electron chi connectivity index (χ4n) is 3.50. The summed E-state index contributed by atoms with van der Waals surface area (Å²) in [6, 6.07) is 5.53. The Bertz CT molecular complexity index is 670. The Morgan fingerprint density at radius 2 is 1.83 bits per heavy atom. The quantitative estimate of drug-likeness (QED) is 0.846. The van der Waals surface area contributed by atoms with Crippen molar-refractivity contribution in [3.8, 4) is 5.75 Å². The fourth-order valence-corrected chi connectivity index (χ4v) is 3.50. The van der Waals surface area contributed by atoms with Gasteiger partial charge in [0.05, 0.1) is 19.1 Å². The molecule has 0 heterocycles. The van der Waals surface area contributed by atoms with E-state index in [2.05, 4.69) is 12.2 Å². The van der Waals surface area contributed by atoms with Gasteiger partial charge in [-0.3, -0.25) is 0 Å². The number of hydrogen-bond acceptors (Lipinski definition) is 2. The van der Waals surface area contributed by atoms with Crippen LogP contribution in [0.5, 0.6) is 5.75 Å². The molecule has 0 radical (unpaired) electrons. The van der Waals surface area contributed by atoms with Crippen molar-refractivity contribution in [2.24, 2.45) is 5.41 Å². The highest BCUT2D eigenvalue weighted by Gasteiger charge is 2.33. The van der Waals surface area contributed by atoms with E-state index in [9.17, 15) is 13.2 Å². The van der Waals surface area contributed by atoms with E-state index in [1.54, 1.807) is 13.2 Å². The third-order valence-electron chi connectivity index (χ3n) is 4.80. The normalized spacial score (nSPS) is 26.5. The van der Waals surface area contributed by atoms with Gasteiger partial charge in [-0.15, -0.1) is 0 Å². The molecule has 0 N–H and O–H groups in total. The fraction of sp³-hybridized carbons (Fsp3) is 0.556. The number of benzene rings is 1. The number of rotatable bonds is 4.